The average molecular weight is 290 g/mol. The van der Waals surface area contributed by atoms with Crippen LogP contribution in [-0.4, -0.2) is 39.4 Å². The van der Waals surface area contributed by atoms with Crippen molar-refractivity contribution in [2.45, 2.75) is 12.8 Å². The van der Waals surface area contributed by atoms with E-state index in [1.807, 2.05) is 12.1 Å². The van der Waals surface area contributed by atoms with Crippen LogP contribution >= 0.6 is 11.3 Å². The van der Waals surface area contributed by atoms with Gasteiger partial charge in [0.25, 0.3) is 0 Å². The summed E-state index contributed by atoms with van der Waals surface area (Å²) in [5, 5.41) is 18.9. The molecule has 8 heteroatoms. The Balaban J connectivity index is 1.54. The van der Waals surface area contributed by atoms with E-state index in [0.29, 0.717) is 5.13 Å². The predicted molar refractivity (Wildman–Crippen MR) is 75.5 cm³/mol. The van der Waals surface area contributed by atoms with Crippen molar-refractivity contribution in [1.29, 1.82) is 0 Å². The zero-order valence-corrected chi connectivity index (χ0v) is 11.6. The molecular formula is C12H14N6OS. The van der Waals surface area contributed by atoms with E-state index < -0.39 is 0 Å². The van der Waals surface area contributed by atoms with Gasteiger partial charge in [-0.1, -0.05) is 11.3 Å². The van der Waals surface area contributed by atoms with Gasteiger partial charge in [0.2, 0.25) is 11.0 Å². The zero-order chi connectivity index (χ0) is 13.8. The molecule has 7 nitrogen and oxygen atoms in total. The van der Waals surface area contributed by atoms with Crippen molar-refractivity contribution in [2.24, 2.45) is 5.92 Å². The lowest BCUT2D eigenvalue weighted by molar-refractivity contribution is -0.120. The molecular weight excluding hydrogens is 276 g/mol. The molecule has 104 valence electrons. The number of aromatic nitrogens is 4. The number of carbonyl (C=O) groups is 1. The van der Waals surface area contributed by atoms with Gasteiger partial charge in [-0.2, -0.15) is 5.10 Å². The number of amides is 1. The van der Waals surface area contributed by atoms with Crippen LogP contribution in [0.5, 0.6) is 0 Å². The van der Waals surface area contributed by atoms with Crippen LogP contribution < -0.4 is 10.2 Å². The molecule has 0 aromatic carbocycles. The number of nitrogens with one attached hydrogen (secondary N) is 1. The van der Waals surface area contributed by atoms with Gasteiger partial charge in [-0.05, 0) is 25.0 Å². The van der Waals surface area contributed by atoms with E-state index in [0.717, 1.165) is 31.7 Å². The van der Waals surface area contributed by atoms with E-state index in [1.165, 1.54) is 11.3 Å². The number of piperidine rings is 1. The molecule has 0 saturated carbocycles. The Kier molecular flexibility index (Phi) is 3.82. The predicted octanol–water partition coefficient (Wildman–Crippen LogP) is 1.18. The van der Waals surface area contributed by atoms with E-state index in [1.54, 1.807) is 11.7 Å². The summed E-state index contributed by atoms with van der Waals surface area (Å²) in [5.74, 6) is 0.919. The van der Waals surface area contributed by atoms with Gasteiger partial charge in [0.15, 0.2) is 5.82 Å². The van der Waals surface area contributed by atoms with Crippen molar-refractivity contribution in [3.63, 3.8) is 0 Å². The number of hydrogen-bond acceptors (Lipinski definition) is 7. The quantitative estimate of drug-likeness (QED) is 0.914. The van der Waals surface area contributed by atoms with E-state index >= 15 is 0 Å². The topological polar surface area (TPSA) is 83.9 Å². The Morgan fingerprint density at radius 1 is 1.30 bits per heavy atom. The molecule has 0 unspecified atom stereocenters. The Morgan fingerprint density at radius 2 is 2.15 bits per heavy atom. The Bertz CT molecular complexity index is 553. The van der Waals surface area contributed by atoms with E-state index in [9.17, 15) is 4.79 Å². The number of anilines is 2. The third kappa shape index (κ3) is 2.90. The first-order valence-corrected chi connectivity index (χ1v) is 7.30. The second-order valence-electron chi connectivity index (χ2n) is 4.58. The van der Waals surface area contributed by atoms with Crippen LogP contribution in [0, 0.1) is 5.92 Å². The number of hydrogen-bond donors (Lipinski definition) is 1. The van der Waals surface area contributed by atoms with Gasteiger partial charge in [0.1, 0.15) is 5.51 Å². The molecule has 20 heavy (non-hydrogen) atoms. The maximum atomic E-state index is 12.1. The third-order valence-electron chi connectivity index (χ3n) is 3.34. The van der Waals surface area contributed by atoms with Gasteiger partial charge in [-0.3, -0.25) is 4.79 Å². The van der Waals surface area contributed by atoms with Crippen LogP contribution in [0.4, 0.5) is 10.9 Å². The van der Waals surface area contributed by atoms with Crippen LogP contribution in [0.15, 0.2) is 23.8 Å². The largest absolute Gasteiger partial charge is 0.355 e. The third-order valence-corrected chi connectivity index (χ3v) is 3.94. The molecule has 3 heterocycles. The molecule has 2 aromatic rings. The zero-order valence-electron chi connectivity index (χ0n) is 10.8. The highest BCUT2D eigenvalue weighted by molar-refractivity contribution is 7.13. The summed E-state index contributed by atoms with van der Waals surface area (Å²) in [4.78, 5) is 14.2. The summed E-state index contributed by atoms with van der Waals surface area (Å²) in [6.07, 6.45) is 3.27. The van der Waals surface area contributed by atoms with Crippen LogP contribution in [0.1, 0.15) is 12.8 Å². The van der Waals surface area contributed by atoms with Gasteiger partial charge in [0, 0.05) is 25.2 Å². The lowest BCUT2D eigenvalue weighted by Gasteiger charge is -2.31. The molecule has 1 aliphatic heterocycles. The highest BCUT2D eigenvalue weighted by Gasteiger charge is 2.26. The highest BCUT2D eigenvalue weighted by atomic mass is 32.1. The molecule has 0 atom stereocenters. The standard InChI is InChI=1S/C12H14N6OS/c19-11(15-12-17-14-8-20-12)9-3-6-18(7-4-9)10-2-1-5-13-16-10/h1-2,5,8-9H,3-4,6-7H2,(H,15,17,19). The minimum atomic E-state index is 0.0202. The minimum Gasteiger partial charge on any atom is -0.355 e. The number of carbonyl (C=O) groups excluding carboxylic acids is 1. The Labute approximate surface area is 120 Å². The highest BCUT2D eigenvalue weighted by Crippen LogP contribution is 2.22. The number of rotatable bonds is 3. The monoisotopic (exact) mass is 290 g/mol. The normalized spacial score (nSPS) is 16.1. The molecule has 0 aliphatic carbocycles. The fourth-order valence-electron chi connectivity index (χ4n) is 2.27. The van der Waals surface area contributed by atoms with Gasteiger partial charge in [-0.25, -0.2) is 0 Å². The first-order valence-electron chi connectivity index (χ1n) is 6.42. The summed E-state index contributed by atoms with van der Waals surface area (Å²) in [6.45, 7) is 1.62. The molecule has 3 rings (SSSR count). The molecule has 0 radical (unpaired) electrons. The van der Waals surface area contributed by atoms with Crippen LogP contribution in [0.25, 0.3) is 0 Å². The second kappa shape index (κ2) is 5.91. The van der Waals surface area contributed by atoms with Gasteiger partial charge < -0.3 is 10.2 Å². The Morgan fingerprint density at radius 3 is 2.80 bits per heavy atom. The summed E-state index contributed by atoms with van der Waals surface area (Å²) in [6, 6.07) is 3.81. The van der Waals surface area contributed by atoms with Crippen molar-refractivity contribution in [1.82, 2.24) is 20.4 Å². The molecule has 0 bridgehead atoms. The Hall–Kier alpha value is -2.09. The van der Waals surface area contributed by atoms with Crippen LogP contribution in [0.2, 0.25) is 0 Å². The average Bonchev–Trinajstić information content (AvgIpc) is 3.01. The van der Waals surface area contributed by atoms with E-state index in [2.05, 4.69) is 30.6 Å². The molecule has 1 amide bonds. The van der Waals surface area contributed by atoms with Crippen molar-refractivity contribution in [3.8, 4) is 0 Å². The molecule has 1 fully saturated rings. The summed E-state index contributed by atoms with van der Waals surface area (Å²) < 4.78 is 0. The maximum Gasteiger partial charge on any atom is 0.229 e. The summed E-state index contributed by atoms with van der Waals surface area (Å²) in [5.41, 5.74) is 1.60. The minimum absolute atomic E-state index is 0.0202. The summed E-state index contributed by atoms with van der Waals surface area (Å²) in [7, 11) is 0. The molecule has 1 aliphatic rings. The van der Waals surface area contributed by atoms with Crippen LogP contribution in [-0.2, 0) is 4.79 Å². The fraction of sp³-hybridized carbons (Fsp3) is 0.417. The lowest BCUT2D eigenvalue weighted by Crippen LogP contribution is -2.38. The van der Waals surface area contributed by atoms with Gasteiger partial charge in [0.05, 0.1) is 0 Å². The smallest absolute Gasteiger partial charge is 0.229 e. The van der Waals surface area contributed by atoms with Gasteiger partial charge in [-0.15, -0.1) is 15.3 Å². The van der Waals surface area contributed by atoms with Gasteiger partial charge >= 0.3 is 0 Å². The first kappa shape index (κ1) is 12.9. The van der Waals surface area contributed by atoms with Crippen LogP contribution in [0.3, 0.4) is 0 Å². The van der Waals surface area contributed by atoms with Crippen molar-refractivity contribution < 1.29 is 4.79 Å². The molecule has 2 aromatic heterocycles. The molecule has 1 N–H and O–H groups in total. The number of nitrogens with zero attached hydrogens (tertiary/aromatic N) is 5. The lowest BCUT2D eigenvalue weighted by atomic mass is 9.96. The SMILES string of the molecule is O=C(Nc1nncs1)C1CCN(c2cccnn2)CC1. The van der Waals surface area contributed by atoms with Crippen molar-refractivity contribution >= 4 is 28.2 Å². The molecule has 0 spiro atoms. The van der Waals surface area contributed by atoms with E-state index in [-0.39, 0.29) is 11.8 Å². The maximum absolute atomic E-state index is 12.1. The van der Waals surface area contributed by atoms with Crippen molar-refractivity contribution in [2.75, 3.05) is 23.3 Å². The fourth-order valence-corrected chi connectivity index (χ4v) is 2.72. The molecule has 1 saturated heterocycles. The van der Waals surface area contributed by atoms with Crippen molar-refractivity contribution in [3.05, 3.63) is 23.8 Å². The van der Waals surface area contributed by atoms with E-state index in [4.69, 9.17) is 0 Å². The second-order valence-corrected chi connectivity index (χ2v) is 5.41. The summed E-state index contributed by atoms with van der Waals surface area (Å²) >= 11 is 1.33. The first-order chi connectivity index (χ1) is 9.83.